The van der Waals surface area contributed by atoms with Gasteiger partial charge in [-0.15, -0.1) is 0 Å². The summed E-state index contributed by atoms with van der Waals surface area (Å²) in [6.07, 6.45) is 0.809. The van der Waals surface area contributed by atoms with Crippen molar-refractivity contribution < 1.29 is 4.79 Å². The second-order valence-corrected chi connectivity index (χ2v) is 3.38. The van der Waals surface area contributed by atoms with E-state index in [-0.39, 0.29) is 0 Å². The lowest BCUT2D eigenvalue weighted by atomic mass is 10.2. The number of carbonyl (C=O) groups excluding carboxylic acids is 1. The van der Waals surface area contributed by atoms with Crippen molar-refractivity contribution in [3.63, 3.8) is 0 Å². The van der Waals surface area contributed by atoms with Crippen LogP contribution in [0, 0.1) is 0 Å². The Labute approximate surface area is 86.8 Å². The lowest BCUT2D eigenvalue weighted by Crippen LogP contribution is -2.15. The molecule has 0 aliphatic carbocycles. The number of halogens is 2. The number of benzene rings is 1. The maximum atomic E-state index is 10.0. The molecule has 0 unspecified atom stereocenters. The van der Waals surface area contributed by atoms with Crippen molar-refractivity contribution in [2.75, 3.05) is 6.54 Å². The molecule has 70 valence electrons. The molecule has 0 fully saturated rings. The summed E-state index contributed by atoms with van der Waals surface area (Å²) in [5.74, 6) is 0. The number of aldehydes is 1. The quantitative estimate of drug-likeness (QED) is 0.620. The first-order valence-electron chi connectivity index (χ1n) is 3.82. The van der Waals surface area contributed by atoms with Crippen molar-refractivity contribution in [2.45, 2.75) is 6.54 Å². The van der Waals surface area contributed by atoms with Crippen LogP contribution in [0.5, 0.6) is 0 Å². The maximum Gasteiger partial charge on any atom is 0.133 e. The Bertz CT molecular complexity index is 302. The molecule has 0 spiro atoms. The van der Waals surface area contributed by atoms with E-state index in [2.05, 4.69) is 5.32 Å². The Balaban J connectivity index is 2.61. The molecule has 1 N–H and O–H groups in total. The van der Waals surface area contributed by atoms with E-state index in [0.29, 0.717) is 23.1 Å². The van der Waals surface area contributed by atoms with E-state index in [4.69, 9.17) is 23.2 Å². The first-order valence-corrected chi connectivity index (χ1v) is 4.58. The molecule has 1 aromatic rings. The van der Waals surface area contributed by atoms with Crippen LogP contribution in [-0.4, -0.2) is 12.8 Å². The molecule has 0 radical (unpaired) electrons. The third-order valence-electron chi connectivity index (χ3n) is 1.56. The molecule has 0 aliphatic heterocycles. The Morgan fingerprint density at radius 1 is 1.38 bits per heavy atom. The molecule has 4 heteroatoms. The predicted molar refractivity (Wildman–Crippen MR) is 54.2 cm³/mol. The summed E-state index contributed by atoms with van der Waals surface area (Å²) in [7, 11) is 0. The van der Waals surface area contributed by atoms with Crippen LogP contribution in [0.15, 0.2) is 18.2 Å². The van der Waals surface area contributed by atoms with E-state index >= 15 is 0 Å². The highest BCUT2D eigenvalue weighted by atomic mass is 35.5. The van der Waals surface area contributed by atoms with E-state index < -0.39 is 0 Å². The van der Waals surface area contributed by atoms with Crippen molar-refractivity contribution in [1.82, 2.24) is 5.32 Å². The molecule has 0 heterocycles. The van der Waals surface area contributed by atoms with Gasteiger partial charge in [-0.1, -0.05) is 29.3 Å². The molecule has 0 aromatic heterocycles. The first kappa shape index (κ1) is 10.5. The molecule has 2 nitrogen and oxygen atoms in total. The van der Waals surface area contributed by atoms with Crippen LogP contribution in [-0.2, 0) is 11.3 Å². The van der Waals surface area contributed by atoms with Crippen molar-refractivity contribution in [2.24, 2.45) is 0 Å². The average Bonchev–Trinajstić information content (AvgIpc) is 2.09. The molecule has 0 bridgehead atoms. The van der Waals surface area contributed by atoms with Gasteiger partial charge in [-0.2, -0.15) is 0 Å². The molecule has 0 saturated carbocycles. The molecule has 0 saturated heterocycles. The lowest BCUT2D eigenvalue weighted by molar-refractivity contribution is -0.107. The minimum atomic E-state index is 0.332. The zero-order valence-electron chi connectivity index (χ0n) is 6.89. The fourth-order valence-corrected chi connectivity index (χ4v) is 1.41. The Morgan fingerprint density at radius 3 is 2.77 bits per heavy atom. The smallest absolute Gasteiger partial charge is 0.133 e. The highest BCUT2D eigenvalue weighted by Crippen LogP contribution is 2.20. The summed E-state index contributed by atoms with van der Waals surface area (Å²) in [4.78, 5) is 10.0. The van der Waals surface area contributed by atoms with Crippen LogP contribution in [0.3, 0.4) is 0 Å². The molecule has 1 rings (SSSR count). The van der Waals surface area contributed by atoms with Gasteiger partial charge in [0.25, 0.3) is 0 Å². The van der Waals surface area contributed by atoms with Crippen molar-refractivity contribution in [3.05, 3.63) is 33.8 Å². The van der Waals surface area contributed by atoms with Crippen LogP contribution >= 0.6 is 23.2 Å². The lowest BCUT2D eigenvalue weighted by Gasteiger charge is -2.03. The minimum absolute atomic E-state index is 0.332. The Morgan fingerprint density at radius 2 is 2.15 bits per heavy atom. The van der Waals surface area contributed by atoms with Gasteiger partial charge in [-0.05, 0) is 17.7 Å². The second kappa shape index (κ2) is 5.22. The number of rotatable bonds is 4. The standard InChI is InChI=1S/C9H9Cl2NO/c10-8-2-1-7(9(11)5-8)6-12-3-4-13/h1-2,4-5,12H,3,6H2. The van der Waals surface area contributed by atoms with Gasteiger partial charge in [0.15, 0.2) is 0 Å². The first-order chi connectivity index (χ1) is 6.24. The van der Waals surface area contributed by atoms with Crippen LogP contribution in [0.4, 0.5) is 0 Å². The number of nitrogens with one attached hydrogen (secondary N) is 1. The predicted octanol–water partition coefficient (Wildman–Crippen LogP) is 2.28. The van der Waals surface area contributed by atoms with Crippen LogP contribution < -0.4 is 5.32 Å². The average molecular weight is 218 g/mol. The topological polar surface area (TPSA) is 29.1 Å². The third kappa shape index (κ3) is 3.35. The Kier molecular flexibility index (Phi) is 4.22. The highest BCUT2D eigenvalue weighted by Gasteiger charge is 1.99. The summed E-state index contributed by atoms with van der Waals surface area (Å²) in [6, 6.07) is 5.29. The molecule has 13 heavy (non-hydrogen) atoms. The van der Waals surface area contributed by atoms with Gasteiger partial charge in [-0.25, -0.2) is 0 Å². The summed E-state index contributed by atoms with van der Waals surface area (Å²) < 4.78 is 0. The maximum absolute atomic E-state index is 10.0. The van der Waals surface area contributed by atoms with Crippen LogP contribution in [0.25, 0.3) is 0 Å². The summed E-state index contributed by atoms with van der Waals surface area (Å²) in [5.41, 5.74) is 0.938. The molecule has 0 atom stereocenters. The van der Waals surface area contributed by atoms with Gasteiger partial charge < -0.3 is 10.1 Å². The normalized spacial score (nSPS) is 10.0. The minimum Gasteiger partial charge on any atom is -0.306 e. The fraction of sp³-hybridized carbons (Fsp3) is 0.222. The third-order valence-corrected chi connectivity index (χ3v) is 2.15. The summed E-state index contributed by atoms with van der Waals surface area (Å²) >= 11 is 11.6. The Hall–Kier alpha value is -0.570. The van der Waals surface area contributed by atoms with Crippen LogP contribution in [0.1, 0.15) is 5.56 Å². The van der Waals surface area contributed by atoms with Crippen LogP contribution in [0.2, 0.25) is 10.0 Å². The fourth-order valence-electron chi connectivity index (χ4n) is 0.931. The number of hydrogen-bond donors (Lipinski definition) is 1. The van der Waals surface area contributed by atoms with E-state index in [9.17, 15) is 4.79 Å². The molecule has 0 amide bonds. The zero-order valence-corrected chi connectivity index (χ0v) is 8.40. The number of hydrogen-bond acceptors (Lipinski definition) is 2. The monoisotopic (exact) mass is 217 g/mol. The van der Waals surface area contributed by atoms with E-state index in [1.165, 1.54) is 0 Å². The largest absolute Gasteiger partial charge is 0.306 e. The second-order valence-electron chi connectivity index (χ2n) is 2.53. The zero-order chi connectivity index (χ0) is 9.68. The van der Waals surface area contributed by atoms with E-state index in [0.717, 1.165) is 11.8 Å². The van der Waals surface area contributed by atoms with Gasteiger partial charge >= 0.3 is 0 Å². The SMILES string of the molecule is O=CCNCc1ccc(Cl)cc1Cl. The molecular weight excluding hydrogens is 209 g/mol. The van der Waals surface area contributed by atoms with Gasteiger partial charge in [0.1, 0.15) is 6.29 Å². The van der Waals surface area contributed by atoms with Crippen molar-refractivity contribution in [1.29, 1.82) is 0 Å². The summed E-state index contributed by atoms with van der Waals surface area (Å²) in [5, 5.41) is 4.15. The van der Waals surface area contributed by atoms with Crippen molar-refractivity contribution >= 4 is 29.5 Å². The molecule has 0 aliphatic rings. The number of carbonyl (C=O) groups is 1. The van der Waals surface area contributed by atoms with Gasteiger partial charge in [0, 0.05) is 16.6 Å². The molecular formula is C9H9Cl2NO. The highest BCUT2D eigenvalue weighted by molar-refractivity contribution is 6.35. The van der Waals surface area contributed by atoms with E-state index in [1.54, 1.807) is 12.1 Å². The summed E-state index contributed by atoms with van der Waals surface area (Å²) in [6.45, 7) is 0.910. The van der Waals surface area contributed by atoms with Crippen molar-refractivity contribution in [3.8, 4) is 0 Å². The van der Waals surface area contributed by atoms with E-state index in [1.807, 2.05) is 6.07 Å². The van der Waals surface area contributed by atoms with Gasteiger partial charge in [-0.3, -0.25) is 0 Å². The van der Waals surface area contributed by atoms with Gasteiger partial charge in [0.2, 0.25) is 0 Å². The molecule has 1 aromatic carbocycles. The van der Waals surface area contributed by atoms with Gasteiger partial charge in [0.05, 0.1) is 6.54 Å².